The van der Waals surface area contributed by atoms with E-state index in [1.807, 2.05) is 0 Å². The molecule has 106 valence electrons. The first-order valence-corrected chi connectivity index (χ1v) is 6.94. The molecular weight excluding hydrogens is 238 g/mol. The van der Waals surface area contributed by atoms with Gasteiger partial charge in [-0.05, 0) is 11.8 Å². The van der Waals surface area contributed by atoms with E-state index in [9.17, 15) is 0 Å². The van der Waals surface area contributed by atoms with Crippen molar-refractivity contribution in [1.29, 1.82) is 0 Å². The van der Waals surface area contributed by atoms with Gasteiger partial charge >= 0.3 is 0 Å². The Kier molecular flexibility index (Phi) is 3.94. The van der Waals surface area contributed by atoms with Gasteiger partial charge in [0.15, 0.2) is 0 Å². The molecule has 0 saturated heterocycles. The number of nitrogens with two attached hydrogens (primary N) is 1. The molecule has 0 saturated carbocycles. The predicted octanol–water partition coefficient (Wildman–Crippen LogP) is 1.58. The lowest BCUT2D eigenvalue weighted by Gasteiger charge is -2.28. The van der Waals surface area contributed by atoms with Crippen LogP contribution in [0.25, 0.3) is 0 Å². The third kappa shape index (κ3) is 3.56. The van der Waals surface area contributed by atoms with Crippen molar-refractivity contribution in [2.45, 2.75) is 40.2 Å². The van der Waals surface area contributed by atoms with Crippen LogP contribution in [0.3, 0.4) is 0 Å². The summed E-state index contributed by atoms with van der Waals surface area (Å²) in [5, 5.41) is 3.38. The zero-order chi connectivity index (χ0) is 14.0. The highest BCUT2D eigenvalue weighted by atomic mass is 15.2. The first-order valence-electron chi connectivity index (χ1n) is 6.94. The predicted molar refractivity (Wildman–Crippen MR) is 79.2 cm³/mol. The molecule has 0 radical (unpaired) electrons. The smallest absolute Gasteiger partial charge is 0.222 e. The number of nitrogens with zero attached hydrogens (tertiary/aromatic N) is 3. The fraction of sp³-hybridized carbons (Fsp3) is 0.714. The average Bonchev–Trinajstić information content (AvgIpc) is 2.34. The highest BCUT2D eigenvalue weighted by molar-refractivity contribution is 5.52. The molecule has 0 amide bonds. The molecule has 0 unspecified atom stereocenters. The maximum Gasteiger partial charge on any atom is 0.222 e. The van der Waals surface area contributed by atoms with E-state index in [-0.39, 0.29) is 0 Å². The van der Waals surface area contributed by atoms with E-state index in [4.69, 9.17) is 5.73 Å². The average molecular weight is 263 g/mol. The largest absolute Gasteiger partial charge is 0.368 e. The number of nitrogen functional groups attached to an aromatic ring is 1. The van der Waals surface area contributed by atoms with Crippen LogP contribution in [0.1, 0.15) is 38.4 Å². The van der Waals surface area contributed by atoms with Gasteiger partial charge in [-0.2, -0.15) is 4.98 Å². The van der Waals surface area contributed by atoms with Crippen LogP contribution in [0.15, 0.2) is 0 Å². The minimum Gasteiger partial charge on any atom is -0.368 e. The highest BCUT2D eigenvalue weighted by Crippen LogP contribution is 2.25. The van der Waals surface area contributed by atoms with Gasteiger partial charge < -0.3 is 16.0 Å². The quantitative estimate of drug-likeness (QED) is 0.866. The van der Waals surface area contributed by atoms with Gasteiger partial charge in [0.25, 0.3) is 0 Å². The summed E-state index contributed by atoms with van der Waals surface area (Å²) < 4.78 is 0. The highest BCUT2D eigenvalue weighted by Gasteiger charge is 2.20. The summed E-state index contributed by atoms with van der Waals surface area (Å²) in [6.07, 6.45) is 2.05. The second-order valence-corrected chi connectivity index (χ2v) is 6.49. The molecule has 5 heteroatoms. The van der Waals surface area contributed by atoms with E-state index in [0.29, 0.717) is 11.4 Å². The second kappa shape index (κ2) is 5.33. The number of hydrogen-bond donors (Lipinski definition) is 2. The molecule has 0 aliphatic carbocycles. The normalized spacial score (nSPS) is 15.2. The van der Waals surface area contributed by atoms with Crippen molar-refractivity contribution in [1.82, 2.24) is 15.3 Å². The van der Waals surface area contributed by atoms with Crippen LogP contribution in [0.5, 0.6) is 0 Å². The second-order valence-electron chi connectivity index (χ2n) is 6.49. The Labute approximate surface area is 115 Å². The maximum absolute atomic E-state index is 5.83. The van der Waals surface area contributed by atoms with Gasteiger partial charge in [0.1, 0.15) is 5.82 Å². The molecule has 1 aliphatic rings. The van der Waals surface area contributed by atoms with E-state index in [2.05, 4.69) is 48.0 Å². The van der Waals surface area contributed by atoms with Crippen LogP contribution in [0, 0.1) is 5.41 Å². The Morgan fingerprint density at radius 3 is 2.74 bits per heavy atom. The summed E-state index contributed by atoms with van der Waals surface area (Å²) in [5.74, 6) is 1.37. The molecule has 5 nitrogen and oxygen atoms in total. The number of fused-ring (bicyclic) bond motifs is 1. The molecule has 2 heterocycles. The van der Waals surface area contributed by atoms with Crippen molar-refractivity contribution >= 4 is 11.8 Å². The Morgan fingerprint density at radius 2 is 2.05 bits per heavy atom. The molecule has 1 aromatic heterocycles. The van der Waals surface area contributed by atoms with E-state index < -0.39 is 0 Å². The van der Waals surface area contributed by atoms with Crippen molar-refractivity contribution in [3.05, 3.63) is 11.3 Å². The van der Waals surface area contributed by atoms with Gasteiger partial charge in [-0.1, -0.05) is 20.8 Å². The lowest BCUT2D eigenvalue weighted by atomic mass is 9.92. The van der Waals surface area contributed by atoms with Crippen molar-refractivity contribution in [2.24, 2.45) is 5.41 Å². The fourth-order valence-electron chi connectivity index (χ4n) is 2.27. The first kappa shape index (κ1) is 14.1. The molecule has 0 bridgehead atoms. The molecule has 19 heavy (non-hydrogen) atoms. The Morgan fingerprint density at radius 1 is 1.32 bits per heavy atom. The lowest BCUT2D eigenvalue weighted by Crippen LogP contribution is -2.31. The SMILES string of the molecule is CN(CCC(C)(C)C)c1nc(N)nc2c1CNCC2. The summed E-state index contributed by atoms with van der Waals surface area (Å²) in [4.78, 5) is 11.0. The van der Waals surface area contributed by atoms with Gasteiger partial charge in [0.2, 0.25) is 5.95 Å². The Bertz CT molecular complexity index is 450. The fourth-order valence-corrected chi connectivity index (χ4v) is 2.27. The van der Waals surface area contributed by atoms with Crippen molar-refractivity contribution in [3.63, 3.8) is 0 Å². The summed E-state index contributed by atoms with van der Waals surface area (Å²) >= 11 is 0. The van der Waals surface area contributed by atoms with Crippen molar-refractivity contribution in [2.75, 3.05) is 30.8 Å². The molecule has 0 aromatic carbocycles. The Hall–Kier alpha value is -1.36. The summed E-state index contributed by atoms with van der Waals surface area (Å²) in [7, 11) is 2.09. The van der Waals surface area contributed by atoms with Gasteiger partial charge in [-0.25, -0.2) is 4.98 Å². The van der Waals surface area contributed by atoms with Crippen LogP contribution in [-0.4, -0.2) is 30.1 Å². The molecular formula is C14H25N5. The van der Waals surface area contributed by atoms with Crippen LogP contribution in [-0.2, 0) is 13.0 Å². The summed E-state index contributed by atoms with van der Waals surface area (Å²) in [5.41, 5.74) is 8.46. The standard InChI is InChI=1S/C14H25N5/c1-14(2,3)6-8-19(4)12-10-9-16-7-5-11(10)17-13(15)18-12/h16H,5-9H2,1-4H3,(H2,15,17,18). The van der Waals surface area contributed by atoms with Crippen LogP contribution >= 0.6 is 0 Å². The number of rotatable bonds is 3. The Balaban J connectivity index is 2.21. The number of hydrogen-bond acceptors (Lipinski definition) is 5. The molecule has 1 aromatic rings. The van der Waals surface area contributed by atoms with Crippen LogP contribution in [0.2, 0.25) is 0 Å². The van der Waals surface area contributed by atoms with E-state index in [0.717, 1.165) is 44.0 Å². The topological polar surface area (TPSA) is 67.1 Å². The lowest BCUT2D eigenvalue weighted by molar-refractivity contribution is 0.381. The van der Waals surface area contributed by atoms with Gasteiger partial charge in [-0.15, -0.1) is 0 Å². The molecule has 0 fully saturated rings. The summed E-state index contributed by atoms with van der Waals surface area (Å²) in [6.45, 7) is 9.55. The third-order valence-electron chi connectivity index (χ3n) is 3.49. The third-order valence-corrected chi connectivity index (χ3v) is 3.49. The van der Waals surface area contributed by atoms with Gasteiger partial charge in [0, 0.05) is 38.7 Å². The zero-order valence-corrected chi connectivity index (χ0v) is 12.5. The minimum absolute atomic E-state index is 0.325. The van der Waals surface area contributed by atoms with Crippen LogP contribution in [0.4, 0.5) is 11.8 Å². The number of aromatic nitrogens is 2. The van der Waals surface area contributed by atoms with E-state index in [1.54, 1.807) is 0 Å². The minimum atomic E-state index is 0.325. The monoisotopic (exact) mass is 263 g/mol. The van der Waals surface area contributed by atoms with Crippen molar-refractivity contribution < 1.29 is 0 Å². The molecule has 1 aliphatic heterocycles. The van der Waals surface area contributed by atoms with Crippen molar-refractivity contribution in [3.8, 4) is 0 Å². The number of nitrogens with one attached hydrogen (secondary N) is 1. The van der Waals surface area contributed by atoms with E-state index in [1.165, 1.54) is 5.56 Å². The van der Waals surface area contributed by atoms with E-state index >= 15 is 0 Å². The number of anilines is 2. The van der Waals surface area contributed by atoms with Gasteiger partial charge in [0.05, 0.1) is 5.69 Å². The molecule has 0 atom stereocenters. The maximum atomic E-state index is 5.83. The zero-order valence-electron chi connectivity index (χ0n) is 12.5. The first-order chi connectivity index (χ1) is 8.87. The molecule has 3 N–H and O–H groups in total. The van der Waals surface area contributed by atoms with Crippen LogP contribution < -0.4 is 16.0 Å². The van der Waals surface area contributed by atoms with Gasteiger partial charge in [-0.3, -0.25) is 0 Å². The molecule has 0 spiro atoms. The summed E-state index contributed by atoms with van der Waals surface area (Å²) in [6, 6.07) is 0. The molecule has 2 rings (SSSR count).